The van der Waals surface area contributed by atoms with Crippen LogP contribution in [0.3, 0.4) is 0 Å². The molecule has 2 heterocycles. The molecular weight excluding hydrogens is 330 g/mol. The van der Waals surface area contributed by atoms with Gasteiger partial charge in [-0.3, -0.25) is 4.79 Å². The van der Waals surface area contributed by atoms with Gasteiger partial charge in [0.25, 0.3) is 0 Å². The van der Waals surface area contributed by atoms with Gasteiger partial charge in [0, 0.05) is 12.1 Å². The maximum absolute atomic E-state index is 12.6. The lowest BCUT2D eigenvalue weighted by atomic mass is 9.79. The van der Waals surface area contributed by atoms with E-state index in [9.17, 15) is 9.90 Å². The molecule has 5 heteroatoms. The van der Waals surface area contributed by atoms with Crippen LogP contribution < -0.4 is 0 Å². The molecule has 0 spiro atoms. The van der Waals surface area contributed by atoms with E-state index >= 15 is 0 Å². The first-order chi connectivity index (χ1) is 12.6. The summed E-state index contributed by atoms with van der Waals surface area (Å²) in [6.07, 6.45) is -1.38. The van der Waals surface area contributed by atoms with Gasteiger partial charge >= 0.3 is 0 Å². The number of β-lactam (4-membered cyclic amide) rings is 1. The Hall–Kier alpha value is -2.21. The third-order valence-electron chi connectivity index (χ3n) is 5.17. The molecular formula is C21H23NO4. The molecule has 0 aromatic heterocycles. The molecule has 0 saturated carbocycles. The number of likely N-dealkylation sites (tertiary alicyclic amines) is 1. The summed E-state index contributed by atoms with van der Waals surface area (Å²) in [7, 11) is 0. The fraction of sp³-hybridized carbons (Fsp3) is 0.381. The summed E-state index contributed by atoms with van der Waals surface area (Å²) in [5.74, 6) is -0.470. The lowest BCUT2D eigenvalue weighted by molar-refractivity contribution is -0.178. The minimum Gasteiger partial charge on any atom is -0.393 e. The van der Waals surface area contributed by atoms with Gasteiger partial charge in [-0.05, 0) is 12.5 Å². The van der Waals surface area contributed by atoms with E-state index in [2.05, 4.69) is 0 Å². The maximum atomic E-state index is 12.6. The fourth-order valence-corrected chi connectivity index (χ4v) is 3.87. The molecule has 1 unspecified atom stereocenters. The van der Waals surface area contributed by atoms with Gasteiger partial charge in [0.2, 0.25) is 5.91 Å². The standard InChI is InChI=1S/C21H23NO4/c1-14(23)18-19(22(20(18)24)12-15-8-4-2-5-9-15)17-13-25-21(26-17)16-10-6-3-7-11-16/h2-11,14,17-19,21,23H,12-13H2,1H3/t14-,17+,18-,19-,21?/m1/s1. The van der Waals surface area contributed by atoms with Gasteiger partial charge in [-0.15, -0.1) is 0 Å². The van der Waals surface area contributed by atoms with E-state index in [1.54, 1.807) is 11.8 Å². The van der Waals surface area contributed by atoms with E-state index in [-0.39, 0.29) is 18.1 Å². The second-order valence-corrected chi connectivity index (χ2v) is 6.96. The van der Waals surface area contributed by atoms with Crippen molar-refractivity contribution in [1.82, 2.24) is 4.90 Å². The molecule has 5 atom stereocenters. The van der Waals surface area contributed by atoms with Crippen molar-refractivity contribution in [3.8, 4) is 0 Å². The van der Waals surface area contributed by atoms with Gasteiger partial charge in [0.05, 0.1) is 24.7 Å². The van der Waals surface area contributed by atoms with Crippen LogP contribution in [0, 0.1) is 5.92 Å². The fourth-order valence-electron chi connectivity index (χ4n) is 3.87. The molecule has 2 aromatic carbocycles. The Bertz CT molecular complexity index is 749. The first-order valence-electron chi connectivity index (χ1n) is 8.99. The highest BCUT2D eigenvalue weighted by atomic mass is 16.7. The number of hydrogen-bond donors (Lipinski definition) is 1. The monoisotopic (exact) mass is 353 g/mol. The first kappa shape index (κ1) is 17.2. The SMILES string of the molecule is C[C@@H](O)[C@H]1C(=O)N(Cc2ccccc2)[C@@H]1[C@@H]1COC(c2ccccc2)O1. The van der Waals surface area contributed by atoms with Crippen LogP contribution >= 0.6 is 0 Å². The lowest BCUT2D eigenvalue weighted by Gasteiger charge is -2.50. The van der Waals surface area contributed by atoms with Crippen LogP contribution in [-0.4, -0.2) is 40.8 Å². The summed E-state index contributed by atoms with van der Waals surface area (Å²) in [6, 6.07) is 19.5. The molecule has 136 valence electrons. The van der Waals surface area contributed by atoms with E-state index < -0.39 is 18.3 Å². The number of aliphatic hydroxyl groups is 1. The molecule has 1 amide bonds. The molecule has 0 aliphatic carbocycles. The van der Waals surface area contributed by atoms with Crippen molar-refractivity contribution in [2.45, 2.75) is 38.0 Å². The van der Waals surface area contributed by atoms with Crippen molar-refractivity contribution in [2.75, 3.05) is 6.61 Å². The van der Waals surface area contributed by atoms with Crippen LogP contribution in [0.2, 0.25) is 0 Å². The van der Waals surface area contributed by atoms with Gasteiger partial charge in [0.1, 0.15) is 6.10 Å². The molecule has 4 rings (SSSR count). The average Bonchev–Trinajstić information content (AvgIpc) is 3.14. The molecule has 26 heavy (non-hydrogen) atoms. The van der Waals surface area contributed by atoms with Crippen molar-refractivity contribution in [3.63, 3.8) is 0 Å². The number of nitrogens with zero attached hydrogens (tertiary/aromatic N) is 1. The van der Waals surface area contributed by atoms with Crippen molar-refractivity contribution >= 4 is 5.91 Å². The number of ether oxygens (including phenoxy) is 2. The molecule has 2 aliphatic rings. The van der Waals surface area contributed by atoms with Gasteiger partial charge in [0.15, 0.2) is 6.29 Å². The summed E-state index contributed by atoms with van der Waals surface area (Å²) in [4.78, 5) is 14.4. The summed E-state index contributed by atoms with van der Waals surface area (Å²) >= 11 is 0. The second-order valence-electron chi connectivity index (χ2n) is 6.96. The molecule has 2 fully saturated rings. The van der Waals surface area contributed by atoms with Gasteiger partial charge in [-0.25, -0.2) is 0 Å². The van der Waals surface area contributed by atoms with Crippen molar-refractivity contribution in [1.29, 1.82) is 0 Å². The predicted octanol–water partition coefficient (Wildman–Crippen LogP) is 2.51. The molecule has 0 bridgehead atoms. The third kappa shape index (κ3) is 3.14. The zero-order valence-electron chi connectivity index (χ0n) is 14.7. The number of amides is 1. The third-order valence-corrected chi connectivity index (χ3v) is 5.17. The Morgan fingerprint density at radius 3 is 2.42 bits per heavy atom. The zero-order valence-corrected chi connectivity index (χ0v) is 14.7. The van der Waals surface area contributed by atoms with Crippen LogP contribution in [0.4, 0.5) is 0 Å². The Kier molecular flexibility index (Phi) is 4.76. The Morgan fingerprint density at radius 2 is 1.77 bits per heavy atom. The highest BCUT2D eigenvalue weighted by molar-refractivity contribution is 5.87. The van der Waals surface area contributed by atoms with E-state index in [1.165, 1.54) is 0 Å². The Morgan fingerprint density at radius 1 is 1.12 bits per heavy atom. The van der Waals surface area contributed by atoms with Crippen molar-refractivity contribution < 1.29 is 19.4 Å². The highest BCUT2D eigenvalue weighted by Crippen LogP contribution is 2.39. The largest absolute Gasteiger partial charge is 0.393 e. The first-order valence-corrected chi connectivity index (χ1v) is 8.99. The number of carbonyl (C=O) groups is 1. The van der Waals surface area contributed by atoms with E-state index in [1.807, 2.05) is 60.7 Å². The number of hydrogen-bond acceptors (Lipinski definition) is 4. The van der Waals surface area contributed by atoms with E-state index in [4.69, 9.17) is 9.47 Å². The molecule has 2 aromatic rings. The van der Waals surface area contributed by atoms with Gasteiger partial charge in [-0.2, -0.15) is 0 Å². The number of carbonyl (C=O) groups excluding carboxylic acids is 1. The summed E-state index contributed by atoms with van der Waals surface area (Å²) in [5.41, 5.74) is 2.03. The Labute approximate surface area is 153 Å². The minimum atomic E-state index is -0.709. The molecule has 1 N–H and O–H groups in total. The van der Waals surface area contributed by atoms with Gasteiger partial charge in [-0.1, -0.05) is 60.7 Å². The summed E-state index contributed by atoms with van der Waals surface area (Å²) in [5, 5.41) is 10.1. The van der Waals surface area contributed by atoms with Crippen LogP contribution in [-0.2, 0) is 20.8 Å². The normalized spacial score (nSPS) is 29.5. The lowest BCUT2D eigenvalue weighted by Crippen LogP contribution is -2.68. The van der Waals surface area contributed by atoms with Crippen LogP contribution in [0.15, 0.2) is 60.7 Å². The second kappa shape index (κ2) is 7.19. The maximum Gasteiger partial charge on any atom is 0.231 e. The number of benzene rings is 2. The van der Waals surface area contributed by atoms with Crippen molar-refractivity contribution in [3.05, 3.63) is 71.8 Å². The van der Waals surface area contributed by atoms with Crippen LogP contribution in [0.1, 0.15) is 24.3 Å². The van der Waals surface area contributed by atoms with Crippen LogP contribution in [0.25, 0.3) is 0 Å². The zero-order chi connectivity index (χ0) is 18.1. The summed E-state index contributed by atoms with van der Waals surface area (Å²) < 4.78 is 11.9. The minimum absolute atomic E-state index is 0.0272. The van der Waals surface area contributed by atoms with Crippen LogP contribution in [0.5, 0.6) is 0 Å². The number of rotatable bonds is 5. The molecule has 0 radical (unpaired) electrons. The van der Waals surface area contributed by atoms with E-state index in [0.29, 0.717) is 13.2 Å². The van der Waals surface area contributed by atoms with Crippen molar-refractivity contribution in [2.24, 2.45) is 5.92 Å². The topological polar surface area (TPSA) is 59.0 Å². The molecule has 5 nitrogen and oxygen atoms in total. The highest BCUT2D eigenvalue weighted by Gasteiger charge is 2.55. The quantitative estimate of drug-likeness (QED) is 0.839. The van der Waals surface area contributed by atoms with E-state index in [0.717, 1.165) is 11.1 Å². The number of aliphatic hydroxyl groups excluding tert-OH is 1. The smallest absolute Gasteiger partial charge is 0.231 e. The molecule has 2 saturated heterocycles. The van der Waals surface area contributed by atoms with Gasteiger partial charge < -0.3 is 19.5 Å². The average molecular weight is 353 g/mol. The molecule has 2 aliphatic heterocycles. The summed E-state index contributed by atoms with van der Waals surface area (Å²) in [6.45, 7) is 2.59. The predicted molar refractivity (Wildman–Crippen MR) is 96.0 cm³/mol. The Balaban J connectivity index is 1.51.